The smallest absolute Gasteiger partial charge is 0.331 e. The molecule has 0 saturated heterocycles. The lowest BCUT2D eigenvalue weighted by Gasteiger charge is -2.64. The Balaban J connectivity index is 0.00000205. The van der Waals surface area contributed by atoms with Gasteiger partial charge in [0.2, 0.25) is 0 Å². The van der Waals surface area contributed by atoms with E-state index in [0.717, 1.165) is 44.1 Å². The largest absolute Gasteiger partial charge is 0.458 e. The van der Waals surface area contributed by atoms with Crippen molar-refractivity contribution in [3.8, 4) is 0 Å². The quantitative estimate of drug-likeness (QED) is 0.571. The molecule has 1 aliphatic heterocycles. The van der Waals surface area contributed by atoms with Crippen LogP contribution < -0.4 is 0 Å². The van der Waals surface area contributed by atoms with Crippen LogP contribution in [-0.2, 0) is 9.53 Å². The number of hydrogen-bond acceptors (Lipinski definition) is 5. The summed E-state index contributed by atoms with van der Waals surface area (Å²) in [4.78, 5) is 11.6. The van der Waals surface area contributed by atoms with Crippen molar-refractivity contribution < 1.29 is 30.3 Å². The molecule has 4 aliphatic carbocycles. The van der Waals surface area contributed by atoms with E-state index in [-0.39, 0.29) is 34.8 Å². The second-order valence-corrected chi connectivity index (χ2v) is 10.8. The third-order valence-corrected chi connectivity index (χ3v) is 10.0. The monoisotopic (exact) mass is 408 g/mol. The summed E-state index contributed by atoms with van der Waals surface area (Å²) in [5.41, 5.74) is -0.507. The first-order valence-electron chi connectivity index (χ1n) is 11.2. The van der Waals surface area contributed by atoms with Gasteiger partial charge in [-0.05, 0) is 86.0 Å². The topological polar surface area (TPSA) is 118 Å². The molecule has 0 unspecified atom stereocenters. The molecule has 5 N–H and O–H groups in total. The van der Waals surface area contributed by atoms with Gasteiger partial charge in [-0.15, -0.1) is 0 Å². The summed E-state index contributed by atoms with van der Waals surface area (Å²) in [7, 11) is 0. The predicted octanol–water partition coefficient (Wildman–Crippen LogP) is 1.75. The van der Waals surface area contributed by atoms with Crippen LogP contribution in [-0.4, -0.2) is 51.2 Å². The van der Waals surface area contributed by atoms with Crippen LogP contribution in [0.25, 0.3) is 0 Å². The Hall–Kier alpha value is -0.950. The third kappa shape index (κ3) is 2.65. The normalized spacial score (nSPS) is 53.8. The average molecular weight is 409 g/mol. The van der Waals surface area contributed by atoms with E-state index in [1.807, 2.05) is 6.92 Å². The molecule has 6 heteroatoms. The van der Waals surface area contributed by atoms with Gasteiger partial charge < -0.3 is 25.5 Å². The Morgan fingerprint density at radius 3 is 2.48 bits per heavy atom. The number of esters is 1. The van der Waals surface area contributed by atoms with Crippen molar-refractivity contribution in [1.29, 1.82) is 0 Å². The Morgan fingerprint density at radius 1 is 1.03 bits per heavy atom. The van der Waals surface area contributed by atoms with Crippen LogP contribution in [0.3, 0.4) is 0 Å². The Labute approximate surface area is 172 Å². The maximum absolute atomic E-state index is 12.1. The summed E-state index contributed by atoms with van der Waals surface area (Å²) >= 11 is 0. The number of ether oxygens (including phenoxy) is 1. The first-order chi connectivity index (χ1) is 13.2. The number of hydrogen-bond donors (Lipinski definition) is 3. The van der Waals surface area contributed by atoms with Crippen molar-refractivity contribution in [3.63, 3.8) is 0 Å². The van der Waals surface area contributed by atoms with E-state index < -0.39 is 17.1 Å². The molecule has 0 spiro atoms. The zero-order valence-electron chi connectivity index (χ0n) is 17.6. The highest BCUT2D eigenvalue weighted by molar-refractivity contribution is 5.85. The number of fused-ring (bicyclic) bond motifs is 5. The first kappa shape index (κ1) is 21.3. The van der Waals surface area contributed by atoms with Gasteiger partial charge in [-0.25, -0.2) is 4.79 Å². The van der Waals surface area contributed by atoms with Crippen molar-refractivity contribution in [2.24, 2.45) is 34.5 Å². The highest BCUT2D eigenvalue weighted by Crippen LogP contribution is 2.69. The minimum absolute atomic E-state index is 0. The van der Waals surface area contributed by atoms with Gasteiger partial charge in [0.25, 0.3) is 0 Å². The summed E-state index contributed by atoms with van der Waals surface area (Å²) in [5.74, 6) is 0.657. The molecular weight excluding hydrogens is 372 g/mol. The fraction of sp³-hybridized carbons (Fsp3) is 0.870. The maximum Gasteiger partial charge on any atom is 0.331 e. The minimum Gasteiger partial charge on any atom is -0.458 e. The van der Waals surface area contributed by atoms with E-state index >= 15 is 0 Å². The average Bonchev–Trinajstić information content (AvgIpc) is 3.19. The van der Waals surface area contributed by atoms with Gasteiger partial charge in [-0.3, -0.25) is 0 Å². The second kappa shape index (κ2) is 6.78. The fourth-order valence-electron chi connectivity index (χ4n) is 8.37. The van der Waals surface area contributed by atoms with Crippen LogP contribution in [0.1, 0.15) is 65.2 Å². The van der Waals surface area contributed by atoms with Crippen LogP contribution in [0.4, 0.5) is 0 Å². The Morgan fingerprint density at radius 2 is 1.79 bits per heavy atom. The van der Waals surface area contributed by atoms with Gasteiger partial charge in [-0.1, -0.05) is 13.8 Å². The van der Waals surface area contributed by atoms with Crippen molar-refractivity contribution in [2.45, 2.75) is 83.0 Å². The lowest BCUT2D eigenvalue weighted by atomic mass is 9.42. The molecule has 0 aromatic heterocycles. The van der Waals surface area contributed by atoms with Gasteiger partial charge >= 0.3 is 5.97 Å². The fourth-order valence-corrected chi connectivity index (χ4v) is 8.37. The number of aliphatic hydroxyl groups is 3. The van der Waals surface area contributed by atoms with Crippen LogP contribution in [0.5, 0.6) is 0 Å². The summed E-state index contributed by atoms with van der Waals surface area (Å²) in [6.07, 6.45) is 7.69. The number of cyclic esters (lactones) is 1. The molecule has 4 fully saturated rings. The molecule has 0 bridgehead atoms. The maximum atomic E-state index is 12.1. The molecule has 29 heavy (non-hydrogen) atoms. The number of aliphatic hydroxyl groups excluding tert-OH is 2. The van der Waals surface area contributed by atoms with Crippen LogP contribution in [0.15, 0.2) is 11.6 Å². The SMILES string of the molecule is C[C@]12CC[C@H](O)C[C@H]1CC[C@@H]1[C@@H]2C[C@@H](O)[C@]2(C)[C@@H](C3=CC(=O)OC3)CC[C@]12O.O. The summed E-state index contributed by atoms with van der Waals surface area (Å²) < 4.78 is 5.16. The van der Waals surface area contributed by atoms with Crippen molar-refractivity contribution >= 4 is 5.97 Å². The molecule has 4 saturated carbocycles. The van der Waals surface area contributed by atoms with Gasteiger partial charge in [0.1, 0.15) is 6.61 Å². The first-order valence-corrected chi connectivity index (χ1v) is 11.2. The second-order valence-electron chi connectivity index (χ2n) is 10.8. The van der Waals surface area contributed by atoms with Crippen LogP contribution >= 0.6 is 0 Å². The summed E-state index contributed by atoms with van der Waals surface area (Å²) in [6, 6.07) is 0. The zero-order chi connectivity index (χ0) is 19.9. The molecule has 0 amide bonds. The standard InChI is InChI=1S/C23H34O5.H2O/c1-21-7-5-15(24)10-14(21)3-4-17-18(21)11-19(25)22(2)16(6-8-23(17,22)27)13-9-20(26)28-12-13;/h9,14-19,24-25,27H,3-8,10-12H2,1-2H3;1H2/t14-,15+,16-,17-,18+,19-,21+,22+,23+;/m1./s1. The molecule has 5 aliphatic rings. The molecule has 1 heterocycles. The number of carbonyl (C=O) groups is 1. The lowest BCUT2D eigenvalue weighted by molar-refractivity contribution is -0.244. The molecule has 5 rings (SSSR count). The van der Waals surface area contributed by atoms with Crippen molar-refractivity contribution in [1.82, 2.24) is 0 Å². The summed E-state index contributed by atoms with van der Waals surface area (Å²) in [5, 5.41) is 33.7. The highest BCUT2D eigenvalue weighted by Gasteiger charge is 2.70. The third-order valence-electron chi connectivity index (χ3n) is 10.0. The van der Waals surface area contributed by atoms with Gasteiger partial charge in [-0.2, -0.15) is 0 Å². The predicted molar refractivity (Wildman–Crippen MR) is 107 cm³/mol. The van der Waals surface area contributed by atoms with Crippen molar-refractivity contribution in [2.75, 3.05) is 6.61 Å². The van der Waals surface area contributed by atoms with E-state index in [1.165, 1.54) is 0 Å². The lowest BCUT2D eigenvalue weighted by Crippen LogP contribution is -2.67. The molecule has 0 aromatic rings. The molecule has 9 atom stereocenters. The Kier molecular flexibility index (Phi) is 4.97. The Bertz CT molecular complexity index is 720. The minimum atomic E-state index is -0.906. The van der Waals surface area contributed by atoms with E-state index in [4.69, 9.17) is 4.74 Å². The molecular formula is C23H36O6. The highest BCUT2D eigenvalue weighted by atomic mass is 16.5. The molecule has 6 nitrogen and oxygen atoms in total. The van der Waals surface area contributed by atoms with Gasteiger partial charge in [0.15, 0.2) is 0 Å². The molecule has 0 aromatic carbocycles. The van der Waals surface area contributed by atoms with Crippen LogP contribution in [0, 0.1) is 34.5 Å². The summed E-state index contributed by atoms with van der Waals surface area (Å²) in [6.45, 7) is 4.69. The van der Waals surface area contributed by atoms with E-state index in [2.05, 4.69) is 6.92 Å². The van der Waals surface area contributed by atoms with E-state index in [1.54, 1.807) is 6.08 Å². The van der Waals surface area contributed by atoms with E-state index in [0.29, 0.717) is 31.3 Å². The van der Waals surface area contributed by atoms with Gasteiger partial charge in [0.05, 0.1) is 17.8 Å². The number of rotatable bonds is 1. The van der Waals surface area contributed by atoms with Crippen molar-refractivity contribution in [3.05, 3.63) is 11.6 Å². The molecule has 0 radical (unpaired) electrons. The number of carbonyl (C=O) groups excluding carboxylic acids is 1. The van der Waals surface area contributed by atoms with E-state index in [9.17, 15) is 20.1 Å². The van der Waals surface area contributed by atoms with Gasteiger partial charge in [0, 0.05) is 11.5 Å². The zero-order valence-corrected chi connectivity index (χ0v) is 17.6. The molecule has 164 valence electrons. The van der Waals surface area contributed by atoms with Crippen LogP contribution in [0.2, 0.25) is 0 Å².